The maximum atomic E-state index is 14.9. The van der Waals surface area contributed by atoms with Crippen molar-refractivity contribution in [1.29, 1.82) is 0 Å². The molecule has 74 heavy (non-hydrogen) atoms. The molecule has 0 saturated heterocycles. The molecule has 25 nitrogen and oxygen atoms in total. The summed E-state index contributed by atoms with van der Waals surface area (Å²) < 4.78 is 44.2. The molecule has 1 unspecified atom stereocenters. The van der Waals surface area contributed by atoms with Crippen LogP contribution in [-0.4, -0.2) is 150 Å². The fraction of sp³-hybridized carbons (Fsp3) is 0.438. The summed E-state index contributed by atoms with van der Waals surface area (Å²) in [6.45, 7) is 7.29. The average molecular weight is 1050 g/mol. The van der Waals surface area contributed by atoms with Crippen molar-refractivity contribution in [2.45, 2.75) is 83.8 Å². The van der Waals surface area contributed by atoms with Gasteiger partial charge in [0, 0.05) is 49.8 Å². The lowest BCUT2D eigenvalue weighted by Gasteiger charge is -2.33. The molecular formula is C48H65N11O14S. The number of anilines is 1. The van der Waals surface area contributed by atoms with Crippen LogP contribution in [0.2, 0.25) is 0 Å². The number of phenols is 1. The average Bonchev–Trinajstić information content (AvgIpc) is 3.32. The second kappa shape index (κ2) is 24.7. The van der Waals surface area contributed by atoms with Crippen LogP contribution in [0, 0.1) is 12.3 Å². The summed E-state index contributed by atoms with van der Waals surface area (Å²) in [6, 6.07) is 6.83. The van der Waals surface area contributed by atoms with Gasteiger partial charge in [-0.2, -0.15) is 13.1 Å². The number of hydrogen-bond donors (Lipinski definition) is 12. The Hall–Kier alpha value is -7.20. The van der Waals surface area contributed by atoms with Crippen LogP contribution >= 0.6 is 0 Å². The number of nitrogens with zero attached hydrogens (tertiary/aromatic N) is 3. The van der Waals surface area contributed by atoms with E-state index in [9.17, 15) is 52.8 Å². The Balaban J connectivity index is 1.62. The van der Waals surface area contributed by atoms with Crippen LogP contribution in [0.4, 0.5) is 5.82 Å². The molecule has 0 radical (unpaired) electrons. The lowest BCUT2D eigenvalue weighted by Crippen LogP contribution is -2.57. The van der Waals surface area contributed by atoms with E-state index < -0.39 is 95.1 Å². The fourth-order valence-corrected chi connectivity index (χ4v) is 7.87. The molecule has 16 N–H and O–H groups in total. The number of carboxylic acids is 1. The summed E-state index contributed by atoms with van der Waals surface area (Å²) in [5.41, 5.74) is 18.0. The van der Waals surface area contributed by atoms with Gasteiger partial charge >= 0.3 is 5.97 Å². The number of ether oxygens (including phenoxy) is 3. The molecule has 0 aliphatic carbocycles. The number of carbonyl (C=O) groups is 5. The molecule has 5 rings (SSSR count). The van der Waals surface area contributed by atoms with Gasteiger partial charge in [-0.3, -0.25) is 19.2 Å². The number of amides is 4. The van der Waals surface area contributed by atoms with Crippen molar-refractivity contribution in [3.05, 3.63) is 77.0 Å². The summed E-state index contributed by atoms with van der Waals surface area (Å²) in [5.74, 6) is -6.20. The molecule has 1 aliphatic heterocycles. The topological polar surface area (TPSA) is 409 Å². The van der Waals surface area contributed by atoms with Crippen molar-refractivity contribution in [1.82, 2.24) is 35.5 Å². The van der Waals surface area contributed by atoms with Crippen LogP contribution < -0.4 is 57.2 Å². The number of benzene rings is 3. The summed E-state index contributed by atoms with van der Waals surface area (Å²) in [5, 5.41) is 55.4. The number of carbonyl (C=O) groups excluding carboxylic acids is 4. The summed E-state index contributed by atoms with van der Waals surface area (Å²) >= 11 is 0. The number of nitrogen functional groups attached to an aromatic ring is 1. The molecule has 3 aromatic carbocycles. The highest BCUT2D eigenvalue weighted by Crippen LogP contribution is 2.45. The first kappa shape index (κ1) is 57.7. The molecule has 0 saturated carbocycles. The minimum atomic E-state index is -4.55. The lowest BCUT2D eigenvalue weighted by atomic mass is 9.93. The van der Waals surface area contributed by atoms with E-state index in [0.717, 1.165) is 24.4 Å². The van der Waals surface area contributed by atoms with E-state index in [1.54, 1.807) is 24.3 Å². The van der Waals surface area contributed by atoms with E-state index in [1.165, 1.54) is 38.1 Å². The quantitative estimate of drug-likeness (QED) is 0.0523. The predicted molar refractivity (Wildman–Crippen MR) is 270 cm³/mol. The summed E-state index contributed by atoms with van der Waals surface area (Å²) in [6.07, 6.45) is -1.91. The van der Waals surface area contributed by atoms with Crippen LogP contribution in [0.1, 0.15) is 67.3 Å². The van der Waals surface area contributed by atoms with E-state index in [1.807, 2.05) is 4.72 Å². The Labute approximate surface area is 427 Å². The number of nitrogens with two attached hydrogens (primary N) is 4. The molecule has 1 aliphatic rings. The van der Waals surface area contributed by atoms with Gasteiger partial charge in [-0.15, -0.1) is 0 Å². The molecule has 4 amide bonds. The van der Waals surface area contributed by atoms with E-state index in [2.05, 4.69) is 46.7 Å². The summed E-state index contributed by atoms with van der Waals surface area (Å²) in [7, 11) is -3.44. The molecule has 4 bridgehead atoms. The number of phenolic OH excluding ortho intramolecular Hbond substituents is 1. The SMILES string of the molecule is Cc1nc(-c2ccc(OCCC(C)(C)C)cc2)nc(N)c1C(=O)N[C@@H](CNS(N)(=O)=O)C(=O)N(C)C1C(=O)N[C@@H](C)C(=O)N[C@H](C(=O)O)Cc2ccc(OC[C@H](O)CN)c(c2)-c2cc1cc(OC[C@H](O)CN)c2O. The molecule has 0 spiro atoms. The Morgan fingerprint density at radius 1 is 0.905 bits per heavy atom. The number of hydrogen-bond acceptors (Lipinski definition) is 18. The number of aliphatic hydroxyl groups excluding tert-OH is 2. The molecule has 2 heterocycles. The molecule has 26 heteroatoms. The second-order valence-electron chi connectivity index (χ2n) is 18.8. The van der Waals surface area contributed by atoms with Gasteiger partial charge in [-0.1, -0.05) is 26.8 Å². The number of fused-ring (bicyclic) bond motifs is 5. The van der Waals surface area contributed by atoms with E-state index in [-0.39, 0.29) is 82.6 Å². The number of nitrogens with one attached hydrogen (secondary N) is 4. The van der Waals surface area contributed by atoms with Gasteiger partial charge in [0.25, 0.3) is 16.1 Å². The van der Waals surface area contributed by atoms with Crippen LogP contribution in [0.5, 0.6) is 23.0 Å². The van der Waals surface area contributed by atoms with Crippen molar-refractivity contribution >= 4 is 45.6 Å². The zero-order valence-corrected chi connectivity index (χ0v) is 42.6. The number of aromatic hydroxyl groups is 1. The maximum Gasteiger partial charge on any atom is 0.326 e. The molecule has 4 aromatic rings. The van der Waals surface area contributed by atoms with Gasteiger partial charge < -0.3 is 72.7 Å². The minimum absolute atomic E-state index is 0.00157. The predicted octanol–water partition coefficient (Wildman–Crippen LogP) is -0.660. The second-order valence-corrected chi connectivity index (χ2v) is 20.2. The van der Waals surface area contributed by atoms with Crippen LogP contribution in [0.25, 0.3) is 22.5 Å². The van der Waals surface area contributed by atoms with Crippen molar-refractivity contribution in [3.8, 4) is 45.5 Å². The van der Waals surface area contributed by atoms with Crippen molar-refractivity contribution in [3.63, 3.8) is 0 Å². The van der Waals surface area contributed by atoms with Crippen molar-refractivity contribution < 1.29 is 67.0 Å². The zero-order valence-electron chi connectivity index (χ0n) is 41.7. The molecule has 402 valence electrons. The number of aliphatic hydroxyl groups is 2. The number of likely N-dealkylation sites (N-methyl/N-ethyl adjacent to an activating group) is 1. The van der Waals surface area contributed by atoms with Gasteiger partial charge in [-0.25, -0.2) is 19.9 Å². The van der Waals surface area contributed by atoms with Gasteiger partial charge in [0.05, 0.1) is 12.3 Å². The first-order valence-electron chi connectivity index (χ1n) is 23.3. The Morgan fingerprint density at radius 3 is 2.12 bits per heavy atom. The standard InChI is InChI=1S/C48H65N11O14S/c1-24-38(41(51)58-42(54-24)27-8-10-31(11-9-27)71-14-13-48(3,4)5)44(64)57-35(21-53-74(52,69)70)46(66)59(6)39-28-17-33(40(62)37(18-28)73-23-30(61)20-50)32-15-26(7-12-36(32)72-22-29(60)19-49)16-34(47(67)68)56-43(63)25(2)55-45(39)65/h7-12,15,17-18,25,29-30,34-35,39,53,60-62H,13-14,16,19-23,49-50H2,1-6H3,(H,55,65)(H,56,63)(H,57,64)(H,67,68)(H2,51,54,58)(H2,52,69,70)/t25-,29+,30+,34-,35-,39?/m0/s1. The van der Waals surface area contributed by atoms with E-state index in [0.29, 0.717) is 23.5 Å². The Bertz CT molecular complexity index is 2790. The van der Waals surface area contributed by atoms with Crippen LogP contribution in [0.15, 0.2) is 54.6 Å². The minimum Gasteiger partial charge on any atom is -0.504 e. The molecule has 6 atom stereocenters. The number of aliphatic carboxylic acids is 1. The highest BCUT2D eigenvalue weighted by atomic mass is 32.2. The fourth-order valence-electron chi connectivity index (χ4n) is 7.48. The number of carboxylic acid groups (broad SMARTS) is 1. The Morgan fingerprint density at radius 2 is 1.54 bits per heavy atom. The third kappa shape index (κ3) is 15.4. The molecule has 1 aromatic heterocycles. The van der Waals surface area contributed by atoms with E-state index >= 15 is 0 Å². The largest absolute Gasteiger partial charge is 0.504 e. The first-order valence-corrected chi connectivity index (χ1v) is 24.8. The van der Waals surface area contributed by atoms with Gasteiger partial charge in [-0.05, 0) is 85.3 Å². The van der Waals surface area contributed by atoms with Crippen LogP contribution in [-0.2, 0) is 35.8 Å². The Kier molecular flexibility index (Phi) is 19.2. The third-order valence-corrected chi connectivity index (χ3v) is 12.2. The van der Waals surface area contributed by atoms with Crippen molar-refractivity contribution in [2.24, 2.45) is 22.0 Å². The van der Waals surface area contributed by atoms with Crippen molar-refractivity contribution in [2.75, 3.05) is 52.2 Å². The number of rotatable bonds is 20. The molecule has 0 fully saturated rings. The lowest BCUT2D eigenvalue weighted by molar-refractivity contribution is -0.143. The van der Waals surface area contributed by atoms with Gasteiger partial charge in [0.2, 0.25) is 17.7 Å². The zero-order chi connectivity index (χ0) is 54.8. The monoisotopic (exact) mass is 1050 g/mol. The number of aromatic nitrogens is 2. The summed E-state index contributed by atoms with van der Waals surface area (Å²) in [4.78, 5) is 79.5. The highest BCUT2D eigenvalue weighted by molar-refractivity contribution is 7.87. The smallest absolute Gasteiger partial charge is 0.326 e. The van der Waals surface area contributed by atoms with Gasteiger partial charge in [0.1, 0.15) is 72.5 Å². The van der Waals surface area contributed by atoms with E-state index in [4.69, 9.17) is 36.6 Å². The molecular weight excluding hydrogens is 987 g/mol. The third-order valence-electron chi connectivity index (χ3n) is 11.6. The normalized spacial score (nSPS) is 17.4. The maximum absolute atomic E-state index is 14.9. The van der Waals surface area contributed by atoms with Gasteiger partial charge in [0.15, 0.2) is 17.3 Å². The highest BCUT2D eigenvalue weighted by Gasteiger charge is 2.38. The number of aryl methyl sites for hydroxylation is 1. The first-order chi connectivity index (χ1) is 34.7. The van der Waals surface area contributed by atoms with Crippen LogP contribution in [0.3, 0.4) is 0 Å².